The molecule has 4 heteroatoms. The second-order valence-corrected chi connectivity index (χ2v) is 3.93. The van der Waals surface area contributed by atoms with Gasteiger partial charge in [-0.2, -0.15) is 0 Å². The van der Waals surface area contributed by atoms with Crippen LogP contribution in [0, 0.1) is 0 Å². The minimum Gasteiger partial charge on any atom is -0.399 e. The molecule has 0 aliphatic carbocycles. The summed E-state index contributed by atoms with van der Waals surface area (Å²) in [5.41, 5.74) is 8.40. The molecule has 76 valence electrons. The van der Waals surface area contributed by atoms with E-state index in [9.17, 15) is 4.79 Å². The number of fused-ring (bicyclic) bond motifs is 3. The van der Waals surface area contributed by atoms with Crippen LogP contribution >= 0.6 is 0 Å². The van der Waals surface area contributed by atoms with Gasteiger partial charge in [0, 0.05) is 23.8 Å². The molecule has 2 heterocycles. The van der Waals surface area contributed by atoms with Gasteiger partial charge in [0.15, 0.2) is 0 Å². The molecule has 1 aromatic heterocycles. The minimum atomic E-state index is 0.0322. The molecular weight excluding hydrogens is 190 g/mol. The highest BCUT2D eigenvalue weighted by atomic mass is 16.2. The molecule has 0 unspecified atom stereocenters. The largest absolute Gasteiger partial charge is 0.399 e. The zero-order chi connectivity index (χ0) is 10.6. The molecule has 0 saturated carbocycles. The second-order valence-electron chi connectivity index (χ2n) is 3.93. The minimum absolute atomic E-state index is 0.0322. The Kier molecular flexibility index (Phi) is 1.41. The van der Waals surface area contributed by atoms with Crippen LogP contribution in [0.2, 0.25) is 0 Å². The Morgan fingerprint density at radius 2 is 2.13 bits per heavy atom. The first-order valence-electron chi connectivity index (χ1n) is 4.82. The molecule has 1 amide bonds. The van der Waals surface area contributed by atoms with Gasteiger partial charge in [0.05, 0.1) is 12.1 Å². The number of benzene rings is 1. The van der Waals surface area contributed by atoms with E-state index >= 15 is 0 Å². The van der Waals surface area contributed by atoms with E-state index in [1.807, 2.05) is 24.3 Å². The number of hydrogen-bond donors (Lipinski definition) is 1. The van der Waals surface area contributed by atoms with Crippen LogP contribution in [-0.2, 0) is 6.54 Å². The van der Waals surface area contributed by atoms with Crippen molar-refractivity contribution in [2.24, 2.45) is 0 Å². The van der Waals surface area contributed by atoms with E-state index in [1.165, 1.54) is 0 Å². The maximum atomic E-state index is 11.8. The average molecular weight is 201 g/mol. The van der Waals surface area contributed by atoms with Gasteiger partial charge in [0.2, 0.25) is 0 Å². The third-order valence-electron chi connectivity index (χ3n) is 2.82. The van der Waals surface area contributed by atoms with Crippen molar-refractivity contribution < 1.29 is 4.79 Å². The van der Waals surface area contributed by atoms with Gasteiger partial charge in [-0.3, -0.25) is 4.57 Å². The maximum absolute atomic E-state index is 11.8. The summed E-state index contributed by atoms with van der Waals surface area (Å²) in [6.45, 7) is 0.674. The first-order valence-corrected chi connectivity index (χ1v) is 4.82. The van der Waals surface area contributed by atoms with Gasteiger partial charge in [-0.05, 0) is 24.3 Å². The molecule has 0 radical (unpaired) electrons. The first kappa shape index (κ1) is 8.35. The molecule has 0 saturated heterocycles. The van der Waals surface area contributed by atoms with Crippen LogP contribution in [0.5, 0.6) is 0 Å². The van der Waals surface area contributed by atoms with Gasteiger partial charge in [0.1, 0.15) is 0 Å². The van der Waals surface area contributed by atoms with Gasteiger partial charge in [-0.1, -0.05) is 0 Å². The maximum Gasteiger partial charge on any atom is 0.329 e. The molecule has 15 heavy (non-hydrogen) atoms. The summed E-state index contributed by atoms with van der Waals surface area (Å²) in [5.74, 6) is 0. The van der Waals surface area contributed by atoms with Crippen LogP contribution in [0.4, 0.5) is 10.5 Å². The standard InChI is InChI=1S/C11H11N3O/c1-13-6-9-5-7-4-8(12)2-3-10(7)14(9)11(13)15/h2-5H,6,12H2,1H3. The number of aromatic nitrogens is 1. The molecule has 1 aliphatic heterocycles. The Morgan fingerprint density at radius 1 is 1.33 bits per heavy atom. The Labute approximate surface area is 86.9 Å². The number of nitrogens with zero attached hydrogens (tertiary/aromatic N) is 2. The number of amides is 1. The van der Waals surface area contributed by atoms with Gasteiger partial charge in [0.25, 0.3) is 0 Å². The molecule has 0 atom stereocenters. The molecule has 4 nitrogen and oxygen atoms in total. The van der Waals surface area contributed by atoms with E-state index in [1.54, 1.807) is 16.5 Å². The van der Waals surface area contributed by atoms with E-state index < -0.39 is 0 Å². The quantitative estimate of drug-likeness (QED) is 0.659. The molecule has 1 aliphatic rings. The highest BCUT2D eigenvalue weighted by Gasteiger charge is 2.25. The number of nitrogen functional groups attached to an aromatic ring is 1. The van der Waals surface area contributed by atoms with Crippen molar-refractivity contribution >= 4 is 22.6 Å². The van der Waals surface area contributed by atoms with Gasteiger partial charge in [-0.15, -0.1) is 0 Å². The number of hydrogen-bond acceptors (Lipinski definition) is 2. The van der Waals surface area contributed by atoms with Crippen LogP contribution in [0.1, 0.15) is 5.69 Å². The summed E-state index contributed by atoms with van der Waals surface area (Å²) < 4.78 is 1.74. The number of carbonyl (C=O) groups is 1. The smallest absolute Gasteiger partial charge is 0.329 e. The number of rotatable bonds is 0. The summed E-state index contributed by atoms with van der Waals surface area (Å²) in [7, 11) is 1.80. The zero-order valence-electron chi connectivity index (χ0n) is 8.40. The predicted molar refractivity (Wildman–Crippen MR) is 58.6 cm³/mol. The van der Waals surface area contributed by atoms with Crippen molar-refractivity contribution in [1.82, 2.24) is 9.47 Å². The van der Waals surface area contributed by atoms with Crippen molar-refractivity contribution in [3.63, 3.8) is 0 Å². The number of anilines is 1. The lowest BCUT2D eigenvalue weighted by Gasteiger charge is -2.06. The fourth-order valence-corrected chi connectivity index (χ4v) is 2.11. The summed E-state index contributed by atoms with van der Waals surface area (Å²) in [4.78, 5) is 13.5. The van der Waals surface area contributed by atoms with E-state index in [0.29, 0.717) is 6.54 Å². The van der Waals surface area contributed by atoms with Crippen molar-refractivity contribution in [3.8, 4) is 0 Å². The van der Waals surface area contributed by atoms with E-state index in [2.05, 4.69) is 0 Å². The Hall–Kier alpha value is -1.97. The van der Waals surface area contributed by atoms with Crippen molar-refractivity contribution in [3.05, 3.63) is 30.0 Å². The molecule has 3 rings (SSSR count). The van der Waals surface area contributed by atoms with Crippen LogP contribution in [-0.4, -0.2) is 22.5 Å². The summed E-state index contributed by atoms with van der Waals surface area (Å²) >= 11 is 0. The van der Waals surface area contributed by atoms with Crippen molar-refractivity contribution in [2.45, 2.75) is 6.54 Å². The molecule has 0 spiro atoms. The Bertz CT molecular complexity index is 570. The predicted octanol–water partition coefficient (Wildman–Crippen LogP) is 1.64. The molecule has 0 bridgehead atoms. The number of carbonyl (C=O) groups excluding carboxylic acids is 1. The molecule has 2 aromatic rings. The molecular formula is C11H11N3O. The lowest BCUT2D eigenvalue weighted by molar-refractivity contribution is 0.220. The zero-order valence-corrected chi connectivity index (χ0v) is 8.40. The van der Waals surface area contributed by atoms with Crippen LogP contribution in [0.25, 0.3) is 10.9 Å². The van der Waals surface area contributed by atoms with Crippen LogP contribution < -0.4 is 5.73 Å². The second kappa shape index (κ2) is 2.53. The SMILES string of the molecule is CN1Cc2cc3cc(N)ccc3n2C1=O. The first-order chi connectivity index (χ1) is 7.16. The molecule has 0 fully saturated rings. The topological polar surface area (TPSA) is 51.3 Å². The van der Waals surface area contributed by atoms with Gasteiger partial charge in [-0.25, -0.2) is 4.79 Å². The summed E-state index contributed by atoms with van der Waals surface area (Å²) in [6.07, 6.45) is 0. The van der Waals surface area contributed by atoms with Gasteiger partial charge >= 0.3 is 6.03 Å². The fourth-order valence-electron chi connectivity index (χ4n) is 2.11. The van der Waals surface area contributed by atoms with Crippen molar-refractivity contribution in [1.29, 1.82) is 0 Å². The molecule has 1 aromatic carbocycles. The summed E-state index contributed by atoms with van der Waals surface area (Å²) in [6, 6.07) is 7.66. The third kappa shape index (κ3) is 0.986. The monoisotopic (exact) mass is 201 g/mol. The van der Waals surface area contributed by atoms with Crippen LogP contribution in [0.3, 0.4) is 0 Å². The fraction of sp³-hybridized carbons (Fsp3) is 0.182. The average Bonchev–Trinajstić information content (AvgIpc) is 2.64. The normalized spacial score (nSPS) is 15.0. The Balaban J connectivity index is 2.34. The Morgan fingerprint density at radius 3 is 2.93 bits per heavy atom. The lowest BCUT2D eigenvalue weighted by atomic mass is 10.2. The van der Waals surface area contributed by atoms with Crippen molar-refractivity contribution in [2.75, 3.05) is 12.8 Å². The van der Waals surface area contributed by atoms with Gasteiger partial charge < -0.3 is 10.6 Å². The lowest BCUT2D eigenvalue weighted by Crippen LogP contribution is -2.21. The van der Waals surface area contributed by atoms with E-state index in [0.717, 1.165) is 22.3 Å². The summed E-state index contributed by atoms with van der Waals surface area (Å²) in [5, 5.41) is 1.03. The van der Waals surface area contributed by atoms with E-state index in [4.69, 9.17) is 5.73 Å². The van der Waals surface area contributed by atoms with Crippen LogP contribution in [0.15, 0.2) is 24.3 Å². The highest BCUT2D eigenvalue weighted by molar-refractivity contribution is 5.95. The highest BCUT2D eigenvalue weighted by Crippen LogP contribution is 2.27. The third-order valence-corrected chi connectivity index (χ3v) is 2.82. The molecule has 2 N–H and O–H groups in total. The van der Waals surface area contributed by atoms with E-state index in [-0.39, 0.29) is 6.03 Å². The number of nitrogens with two attached hydrogens (primary N) is 1.